The monoisotopic (exact) mass is 367 g/mol. The van der Waals surface area contributed by atoms with E-state index >= 15 is 0 Å². The number of fused-ring (bicyclic) bond motifs is 1. The Bertz CT molecular complexity index is 951. The van der Waals surface area contributed by atoms with E-state index in [2.05, 4.69) is 25.8 Å². The van der Waals surface area contributed by atoms with Crippen LogP contribution in [0.15, 0.2) is 48.0 Å². The minimum absolute atomic E-state index is 0.0228. The van der Waals surface area contributed by atoms with Gasteiger partial charge in [-0.25, -0.2) is 9.78 Å². The number of rotatable bonds is 4. The van der Waals surface area contributed by atoms with Crippen molar-refractivity contribution in [2.75, 3.05) is 0 Å². The number of carbonyl (C=O) groups excluding carboxylic acids is 2. The number of aromatic nitrogens is 1. The smallest absolute Gasteiger partial charge is 0.338 e. The van der Waals surface area contributed by atoms with Gasteiger partial charge in [-0.05, 0) is 36.1 Å². The fraction of sp³-hybridized carbons (Fsp3) is 0.286. The van der Waals surface area contributed by atoms with Crippen LogP contribution in [-0.2, 0) is 10.2 Å². The van der Waals surface area contributed by atoms with Crippen molar-refractivity contribution < 1.29 is 14.3 Å². The summed E-state index contributed by atoms with van der Waals surface area (Å²) in [7, 11) is 0. The van der Waals surface area contributed by atoms with E-state index in [4.69, 9.17) is 4.74 Å². The zero-order chi connectivity index (χ0) is 18.9. The van der Waals surface area contributed by atoms with Gasteiger partial charge in [0.05, 0.1) is 21.3 Å². The number of benzene rings is 2. The quantitative estimate of drug-likeness (QED) is 0.480. The van der Waals surface area contributed by atoms with Crippen molar-refractivity contribution in [2.24, 2.45) is 0 Å². The molecule has 3 rings (SSSR count). The van der Waals surface area contributed by atoms with Crippen LogP contribution < -0.4 is 0 Å². The molecule has 4 nitrogen and oxygen atoms in total. The molecule has 0 aliphatic carbocycles. The highest BCUT2D eigenvalue weighted by Crippen LogP contribution is 2.23. The first-order valence-electron chi connectivity index (χ1n) is 8.45. The molecule has 0 aliphatic rings. The highest BCUT2D eigenvalue weighted by molar-refractivity contribution is 7.16. The Hall–Kier alpha value is -2.53. The van der Waals surface area contributed by atoms with Crippen LogP contribution in [0.2, 0.25) is 0 Å². The topological polar surface area (TPSA) is 56.3 Å². The molecule has 2 aromatic carbocycles. The number of ether oxygens (including phenoxy) is 1. The van der Waals surface area contributed by atoms with Gasteiger partial charge in [-0.15, -0.1) is 11.3 Å². The minimum atomic E-state index is -0.847. The van der Waals surface area contributed by atoms with Crippen LogP contribution in [0.3, 0.4) is 0 Å². The standard InChI is InChI=1S/C21H21NO3S/c1-13(19(23)14-5-8-16(9-6-14)21(2,3)4)25-20(24)15-7-10-17-18(11-15)26-12-22-17/h5-13H,1-4H3/t13-/m1/s1. The molecule has 5 heteroatoms. The van der Waals surface area contributed by atoms with Crippen molar-refractivity contribution >= 4 is 33.3 Å². The number of carbonyl (C=O) groups is 2. The summed E-state index contributed by atoms with van der Waals surface area (Å²) in [5.74, 6) is -0.717. The van der Waals surface area contributed by atoms with E-state index in [1.54, 1.807) is 42.8 Å². The van der Waals surface area contributed by atoms with Gasteiger partial charge in [-0.1, -0.05) is 45.0 Å². The Labute approximate surface area is 156 Å². The molecule has 0 N–H and O–H groups in total. The molecule has 0 amide bonds. The molecule has 0 radical (unpaired) electrons. The molecule has 0 aliphatic heterocycles. The van der Waals surface area contributed by atoms with Gasteiger partial charge in [0.25, 0.3) is 0 Å². The fourth-order valence-corrected chi connectivity index (χ4v) is 3.35. The maximum Gasteiger partial charge on any atom is 0.338 e. The first-order chi connectivity index (χ1) is 12.3. The fourth-order valence-electron chi connectivity index (χ4n) is 2.63. The van der Waals surface area contributed by atoms with Crippen LogP contribution in [0.5, 0.6) is 0 Å². The van der Waals surface area contributed by atoms with E-state index in [1.807, 2.05) is 12.1 Å². The maximum atomic E-state index is 12.6. The molecule has 0 unspecified atom stereocenters. The number of ketones is 1. The molecule has 0 fully saturated rings. The third-order valence-electron chi connectivity index (χ3n) is 4.26. The summed E-state index contributed by atoms with van der Waals surface area (Å²) in [5, 5.41) is 0. The average molecular weight is 367 g/mol. The van der Waals surface area contributed by atoms with E-state index < -0.39 is 12.1 Å². The Morgan fingerprint density at radius 2 is 1.69 bits per heavy atom. The molecule has 0 bridgehead atoms. The summed E-state index contributed by atoms with van der Waals surface area (Å²) < 4.78 is 6.28. The van der Waals surface area contributed by atoms with E-state index in [0.717, 1.165) is 15.8 Å². The van der Waals surface area contributed by atoms with Crippen molar-refractivity contribution in [3.05, 3.63) is 64.7 Å². The zero-order valence-electron chi connectivity index (χ0n) is 15.3. The van der Waals surface area contributed by atoms with E-state index in [0.29, 0.717) is 11.1 Å². The highest BCUT2D eigenvalue weighted by Gasteiger charge is 2.21. The molecular weight excluding hydrogens is 346 g/mol. The molecule has 1 aromatic heterocycles. The molecule has 1 heterocycles. The number of hydrogen-bond donors (Lipinski definition) is 0. The van der Waals surface area contributed by atoms with Crippen LogP contribution in [0.4, 0.5) is 0 Å². The Morgan fingerprint density at radius 1 is 1.04 bits per heavy atom. The van der Waals surface area contributed by atoms with Gasteiger partial charge >= 0.3 is 5.97 Å². The van der Waals surface area contributed by atoms with Gasteiger partial charge in [0, 0.05) is 5.56 Å². The lowest BCUT2D eigenvalue weighted by Gasteiger charge is -2.19. The molecule has 0 saturated heterocycles. The highest BCUT2D eigenvalue weighted by atomic mass is 32.1. The van der Waals surface area contributed by atoms with Gasteiger partial charge in [0.2, 0.25) is 5.78 Å². The lowest BCUT2D eigenvalue weighted by molar-refractivity contribution is 0.0319. The molecular formula is C21H21NO3S. The molecule has 134 valence electrons. The summed E-state index contributed by atoms with van der Waals surface area (Å²) >= 11 is 1.46. The second-order valence-corrected chi connectivity index (χ2v) is 8.16. The summed E-state index contributed by atoms with van der Waals surface area (Å²) in [6, 6.07) is 12.6. The summed E-state index contributed by atoms with van der Waals surface area (Å²) in [5.41, 5.74) is 4.70. The van der Waals surface area contributed by atoms with Crippen LogP contribution in [0, 0.1) is 0 Å². The first kappa shape index (κ1) is 18.3. The van der Waals surface area contributed by atoms with Gasteiger partial charge < -0.3 is 4.74 Å². The second-order valence-electron chi connectivity index (χ2n) is 7.27. The lowest BCUT2D eigenvalue weighted by atomic mass is 9.86. The number of nitrogens with zero attached hydrogens (tertiary/aromatic N) is 1. The van der Waals surface area contributed by atoms with Crippen molar-refractivity contribution in [3.63, 3.8) is 0 Å². The third-order valence-corrected chi connectivity index (χ3v) is 5.05. The van der Waals surface area contributed by atoms with Gasteiger partial charge in [-0.3, -0.25) is 4.79 Å². The van der Waals surface area contributed by atoms with Gasteiger partial charge in [0.1, 0.15) is 0 Å². The molecule has 26 heavy (non-hydrogen) atoms. The van der Waals surface area contributed by atoms with Crippen LogP contribution >= 0.6 is 11.3 Å². The van der Waals surface area contributed by atoms with Gasteiger partial charge in [-0.2, -0.15) is 0 Å². The molecule has 3 aromatic rings. The third kappa shape index (κ3) is 3.83. The van der Waals surface area contributed by atoms with E-state index in [1.165, 1.54) is 11.3 Å². The van der Waals surface area contributed by atoms with Crippen LogP contribution in [0.1, 0.15) is 54.0 Å². The van der Waals surface area contributed by atoms with Crippen LogP contribution in [-0.4, -0.2) is 22.8 Å². The first-order valence-corrected chi connectivity index (χ1v) is 9.32. The van der Waals surface area contributed by atoms with Crippen molar-refractivity contribution in [1.82, 2.24) is 4.98 Å². The lowest BCUT2D eigenvalue weighted by Crippen LogP contribution is -2.24. The number of hydrogen-bond acceptors (Lipinski definition) is 5. The van der Waals surface area contributed by atoms with Crippen molar-refractivity contribution in [2.45, 2.75) is 39.2 Å². The molecule has 0 saturated carbocycles. The Balaban J connectivity index is 1.71. The summed E-state index contributed by atoms with van der Waals surface area (Å²) in [4.78, 5) is 29.1. The molecule has 1 atom stereocenters. The predicted octanol–water partition coefficient (Wildman–Crippen LogP) is 5.02. The SMILES string of the molecule is C[C@@H](OC(=O)c1ccc2ncsc2c1)C(=O)c1ccc(C(C)(C)C)cc1. The van der Waals surface area contributed by atoms with E-state index in [9.17, 15) is 9.59 Å². The van der Waals surface area contributed by atoms with Crippen molar-refractivity contribution in [1.29, 1.82) is 0 Å². The largest absolute Gasteiger partial charge is 0.451 e. The normalized spacial score (nSPS) is 12.8. The average Bonchev–Trinajstić information content (AvgIpc) is 3.08. The number of thiazole rings is 1. The Morgan fingerprint density at radius 3 is 2.35 bits per heavy atom. The Kier molecular flexibility index (Phi) is 4.92. The second kappa shape index (κ2) is 7.00. The minimum Gasteiger partial charge on any atom is -0.451 e. The van der Waals surface area contributed by atoms with Gasteiger partial charge in [0.15, 0.2) is 6.10 Å². The maximum absolute atomic E-state index is 12.6. The zero-order valence-corrected chi connectivity index (χ0v) is 16.1. The van der Waals surface area contributed by atoms with E-state index in [-0.39, 0.29) is 11.2 Å². The van der Waals surface area contributed by atoms with Crippen molar-refractivity contribution in [3.8, 4) is 0 Å². The predicted molar refractivity (Wildman–Crippen MR) is 104 cm³/mol. The van der Waals surface area contributed by atoms with Crippen LogP contribution in [0.25, 0.3) is 10.2 Å². The molecule has 0 spiro atoms. The number of Topliss-reactive ketones (excluding diaryl/α,β-unsaturated/α-hetero) is 1. The number of esters is 1. The summed E-state index contributed by atoms with van der Waals surface area (Å²) in [6.07, 6.45) is -0.847. The summed E-state index contributed by atoms with van der Waals surface area (Å²) in [6.45, 7) is 7.96.